The molecule has 2 aromatic heterocycles. The van der Waals surface area contributed by atoms with Crippen LogP contribution in [0.25, 0.3) is 10.9 Å². The molecule has 0 bridgehead atoms. The summed E-state index contributed by atoms with van der Waals surface area (Å²) in [5.41, 5.74) is 0.469. The molecule has 0 aliphatic rings. The zero-order valence-corrected chi connectivity index (χ0v) is 11.5. The van der Waals surface area contributed by atoms with E-state index in [1.54, 1.807) is 13.0 Å². The van der Waals surface area contributed by atoms with E-state index in [9.17, 15) is 4.39 Å². The summed E-state index contributed by atoms with van der Waals surface area (Å²) in [6, 6.07) is 1.60. The molecule has 0 spiro atoms. The number of fused-ring (bicyclic) bond motifs is 1. The van der Waals surface area contributed by atoms with Crippen molar-refractivity contribution in [3.8, 4) is 17.6 Å². The van der Waals surface area contributed by atoms with Crippen molar-refractivity contribution < 1.29 is 9.13 Å². The van der Waals surface area contributed by atoms with E-state index in [0.29, 0.717) is 21.3 Å². The minimum absolute atomic E-state index is 0.261. The fraction of sp³-hybridized carbons (Fsp3) is 0.231. The summed E-state index contributed by atoms with van der Waals surface area (Å²) >= 11 is 3.23. The van der Waals surface area contributed by atoms with Gasteiger partial charge in [0.1, 0.15) is 15.9 Å². The van der Waals surface area contributed by atoms with Crippen LogP contribution in [0.4, 0.5) is 4.39 Å². The molecule has 2 aromatic rings. The molecule has 0 fully saturated rings. The third-order valence-electron chi connectivity index (χ3n) is 2.27. The van der Waals surface area contributed by atoms with E-state index >= 15 is 0 Å². The Kier molecular flexibility index (Phi) is 3.78. The van der Waals surface area contributed by atoms with E-state index in [1.807, 2.05) is 6.92 Å². The molecule has 0 saturated heterocycles. The number of aromatic nitrogens is 2. The van der Waals surface area contributed by atoms with Crippen molar-refractivity contribution in [2.75, 3.05) is 0 Å². The third kappa shape index (κ3) is 2.59. The van der Waals surface area contributed by atoms with E-state index in [4.69, 9.17) is 4.74 Å². The Morgan fingerprint density at radius 1 is 1.39 bits per heavy atom. The smallest absolute Gasteiger partial charge is 0.156 e. The molecule has 2 rings (SSSR count). The predicted octanol–water partition coefficient (Wildman–Crippen LogP) is 3.32. The largest absolute Gasteiger partial charge is 0.476 e. The van der Waals surface area contributed by atoms with Gasteiger partial charge in [0.25, 0.3) is 0 Å². The monoisotopic (exact) mass is 308 g/mol. The van der Waals surface area contributed by atoms with Gasteiger partial charge in [-0.2, -0.15) is 0 Å². The molecule has 0 aromatic carbocycles. The summed E-state index contributed by atoms with van der Waals surface area (Å²) in [5, 5.41) is 0.367. The van der Waals surface area contributed by atoms with E-state index in [0.717, 1.165) is 6.20 Å². The van der Waals surface area contributed by atoms with Crippen LogP contribution in [0.3, 0.4) is 0 Å². The lowest BCUT2D eigenvalue weighted by Gasteiger charge is -2.09. The minimum atomic E-state index is -0.430. The summed E-state index contributed by atoms with van der Waals surface area (Å²) < 4.78 is 19.7. The van der Waals surface area contributed by atoms with Gasteiger partial charge >= 0.3 is 0 Å². The first kappa shape index (κ1) is 12.8. The molecule has 1 unspecified atom stereocenters. The first-order chi connectivity index (χ1) is 8.61. The third-order valence-corrected chi connectivity index (χ3v) is 2.85. The molecule has 0 saturated carbocycles. The van der Waals surface area contributed by atoms with Gasteiger partial charge in [-0.05, 0) is 35.8 Å². The lowest BCUT2D eigenvalue weighted by Crippen LogP contribution is -2.08. The highest BCUT2D eigenvalue weighted by Gasteiger charge is 2.09. The second-order valence-electron chi connectivity index (χ2n) is 3.62. The van der Waals surface area contributed by atoms with E-state index in [2.05, 4.69) is 37.7 Å². The van der Waals surface area contributed by atoms with Crippen LogP contribution in [0.1, 0.15) is 13.8 Å². The van der Waals surface area contributed by atoms with Gasteiger partial charge in [0.05, 0.1) is 12.4 Å². The maximum atomic E-state index is 13.6. The molecule has 5 heteroatoms. The summed E-state index contributed by atoms with van der Waals surface area (Å²) in [5.74, 6) is 5.66. The van der Waals surface area contributed by atoms with Gasteiger partial charge in [0, 0.05) is 5.39 Å². The summed E-state index contributed by atoms with van der Waals surface area (Å²) in [4.78, 5) is 7.98. The predicted molar refractivity (Wildman–Crippen MR) is 70.7 cm³/mol. The van der Waals surface area contributed by atoms with Crippen LogP contribution >= 0.6 is 15.9 Å². The number of rotatable bonds is 2. The Balaban J connectivity index is 2.43. The second kappa shape index (κ2) is 5.32. The highest BCUT2D eigenvalue weighted by atomic mass is 79.9. The van der Waals surface area contributed by atoms with Crippen LogP contribution in [-0.2, 0) is 0 Å². The molecule has 3 nitrogen and oxygen atoms in total. The van der Waals surface area contributed by atoms with Gasteiger partial charge in [-0.3, -0.25) is 0 Å². The van der Waals surface area contributed by atoms with Gasteiger partial charge < -0.3 is 4.74 Å². The van der Waals surface area contributed by atoms with E-state index in [1.165, 1.54) is 6.20 Å². The molecular weight excluding hydrogens is 299 g/mol. The number of hydrogen-bond donors (Lipinski definition) is 0. The molecule has 0 aliphatic heterocycles. The lowest BCUT2D eigenvalue weighted by atomic mass is 10.2. The Hall–Kier alpha value is -1.67. The SMILES string of the molecule is CC#CC(C)Oc1cnc2c(Br)ncc(F)c2c1. The molecule has 1 atom stereocenters. The molecule has 0 amide bonds. The molecule has 92 valence electrons. The maximum Gasteiger partial charge on any atom is 0.156 e. The Morgan fingerprint density at radius 3 is 2.89 bits per heavy atom. The van der Waals surface area contributed by atoms with Gasteiger partial charge in [-0.15, -0.1) is 5.92 Å². The average molecular weight is 309 g/mol. The van der Waals surface area contributed by atoms with Crippen LogP contribution in [0.2, 0.25) is 0 Å². The van der Waals surface area contributed by atoms with Gasteiger partial charge in [-0.25, -0.2) is 14.4 Å². The van der Waals surface area contributed by atoms with Crippen LogP contribution in [0.5, 0.6) is 5.75 Å². The maximum absolute atomic E-state index is 13.6. The Bertz CT molecular complexity index is 648. The molecule has 18 heavy (non-hydrogen) atoms. The topological polar surface area (TPSA) is 35.0 Å². The number of hydrogen-bond acceptors (Lipinski definition) is 3. The van der Waals surface area contributed by atoms with Crippen LogP contribution in [-0.4, -0.2) is 16.1 Å². The van der Waals surface area contributed by atoms with Crippen LogP contribution in [0, 0.1) is 17.7 Å². The number of halogens is 2. The van der Waals surface area contributed by atoms with Gasteiger partial charge in [-0.1, -0.05) is 5.92 Å². The van der Waals surface area contributed by atoms with Crippen LogP contribution < -0.4 is 4.74 Å². The number of pyridine rings is 2. The molecule has 0 N–H and O–H groups in total. The van der Waals surface area contributed by atoms with Gasteiger partial charge in [0.15, 0.2) is 11.9 Å². The van der Waals surface area contributed by atoms with E-state index < -0.39 is 5.82 Å². The first-order valence-corrected chi connectivity index (χ1v) is 6.10. The molecule has 0 radical (unpaired) electrons. The van der Waals surface area contributed by atoms with Crippen molar-refractivity contribution in [2.24, 2.45) is 0 Å². The Morgan fingerprint density at radius 2 is 2.17 bits per heavy atom. The second-order valence-corrected chi connectivity index (χ2v) is 4.37. The summed E-state index contributed by atoms with van der Waals surface area (Å²) in [6.07, 6.45) is 2.41. The van der Waals surface area contributed by atoms with Crippen molar-refractivity contribution in [1.82, 2.24) is 9.97 Å². The zero-order chi connectivity index (χ0) is 13.1. The van der Waals surface area contributed by atoms with Crippen molar-refractivity contribution >= 4 is 26.8 Å². The van der Waals surface area contributed by atoms with Gasteiger partial charge in [0.2, 0.25) is 0 Å². The summed E-state index contributed by atoms with van der Waals surface area (Å²) in [6.45, 7) is 3.56. The van der Waals surface area contributed by atoms with Crippen molar-refractivity contribution in [3.63, 3.8) is 0 Å². The van der Waals surface area contributed by atoms with Crippen LogP contribution in [0.15, 0.2) is 23.1 Å². The standard InChI is InChI=1S/C13H10BrFN2O/c1-3-4-8(2)18-9-5-10-11(15)7-17-13(14)12(10)16-6-9/h5-8H,1-2H3. The Labute approximate surface area is 113 Å². The van der Waals surface area contributed by atoms with E-state index in [-0.39, 0.29) is 6.10 Å². The zero-order valence-electron chi connectivity index (χ0n) is 9.87. The highest BCUT2D eigenvalue weighted by molar-refractivity contribution is 9.10. The fourth-order valence-electron chi connectivity index (χ4n) is 1.54. The number of ether oxygens (including phenoxy) is 1. The van der Waals surface area contributed by atoms with Crippen molar-refractivity contribution in [1.29, 1.82) is 0 Å². The normalized spacial score (nSPS) is 11.8. The van der Waals surface area contributed by atoms with Crippen molar-refractivity contribution in [3.05, 3.63) is 28.9 Å². The highest BCUT2D eigenvalue weighted by Crippen LogP contribution is 2.25. The number of nitrogens with zero attached hydrogens (tertiary/aromatic N) is 2. The fourth-order valence-corrected chi connectivity index (χ4v) is 1.96. The average Bonchev–Trinajstić information content (AvgIpc) is 2.34. The summed E-state index contributed by atoms with van der Waals surface area (Å²) in [7, 11) is 0. The first-order valence-electron chi connectivity index (χ1n) is 5.30. The molecular formula is C13H10BrFN2O. The molecule has 0 aliphatic carbocycles. The minimum Gasteiger partial charge on any atom is -0.476 e. The molecule has 2 heterocycles. The lowest BCUT2D eigenvalue weighted by molar-refractivity contribution is 0.278. The quantitative estimate of drug-likeness (QED) is 0.630. The van der Waals surface area contributed by atoms with Crippen molar-refractivity contribution in [2.45, 2.75) is 20.0 Å².